The van der Waals surface area contributed by atoms with Crippen LogP contribution in [-0.2, 0) is 19.1 Å². The second kappa shape index (κ2) is 6.88. The minimum atomic E-state index is -0.444. The predicted molar refractivity (Wildman–Crippen MR) is 85.9 cm³/mol. The topological polar surface area (TPSA) is 88.2 Å². The Morgan fingerprint density at radius 1 is 1.21 bits per heavy atom. The van der Waals surface area contributed by atoms with Gasteiger partial charge in [-0.05, 0) is 24.3 Å². The molecule has 1 N–H and O–H groups in total. The minimum Gasteiger partial charge on any atom is -0.442 e. The van der Waals surface area contributed by atoms with Crippen LogP contribution in [0.4, 0.5) is 16.2 Å². The summed E-state index contributed by atoms with van der Waals surface area (Å²) in [6.45, 7) is 3.19. The molecule has 2 aliphatic heterocycles. The Kier molecular flexibility index (Phi) is 4.66. The second-order valence-electron chi connectivity index (χ2n) is 5.67. The molecule has 0 saturated carbocycles. The van der Waals surface area contributed by atoms with E-state index in [4.69, 9.17) is 9.47 Å². The third-order valence-electron chi connectivity index (χ3n) is 3.91. The minimum absolute atomic E-state index is 0.0787. The lowest BCUT2D eigenvalue weighted by atomic mass is 10.2. The summed E-state index contributed by atoms with van der Waals surface area (Å²) in [6, 6.07) is 7.15. The van der Waals surface area contributed by atoms with Gasteiger partial charge < -0.3 is 19.7 Å². The van der Waals surface area contributed by atoms with Crippen LogP contribution >= 0.6 is 0 Å². The first-order chi connectivity index (χ1) is 11.5. The van der Waals surface area contributed by atoms with Gasteiger partial charge in [0.2, 0.25) is 5.91 Å². The van der Waals surface area contributed by atoms with Crippen LogP contribution in [0.25, 0.3) is 0 Å². The first-order valence-corrected chi connectivity index (χ1v) is 7.75. The van der Waals surface area contributed by atoms with Gasteiger partial charge in [0.05, 0.1) is 19.7 Å². The smallest absolute Gasteiger partial charge is 0.414 e. The summed E-state index contributed by atoms with van der Waals surface area (Å²) in [5.41, 5.74) is 1.46. The van der Waals surface area contributed by atoms with Crippen LogP contribution in [0.5, 0.6) is 0 Å². The summed E-state index contributed by atoms with van der Waals surface area (Å²) < 4.78 is 10.3. The Balaban J connectivity index is 1.66. The van der Waals surface area contributed by atoms with Crippen molar-refractivity contribution in [3.63, 3.8) is 0 Å². The number of carbonyl (C=O) groups is 3. The Morgan fingerprint density at radius 2 is 1.88 bits per heavy atom. The maximum Gasteiger partial charge on any atom is 0.414 e. The van der Waals surface area contributed by atoms with Crippen molar-refractivity contribution in [2.45, 2.75) is 13.0 Å². The Hall–Kier alpha value is -2.61. The van der Waals surface area contributed by atoms with E-state index >= 15 is 0 Å². The van der Waals surface area contributed by atoms with E-state index < -0.39 is 6.09 Å². The molecule has 2 aliphatic rings. The van der Waals surface area contributed by atoms with Gasteiger partial charge in [-0.25, -0.2) is 4.79 Å². The van der Waals surface area contributed by atoms with Gasteiger partial charge in [0.15, 0.2) is 0 Å². The Labute approximate surface area is 139 Å². The number of cyclic esters (lactones) is 1. The van der Waals surface area contributed by atoms with Gasteiger partial charge in [-0.15, -0.1) is 0 Å². The number of nitrogens with zero attached hydrogens (tertiary/aromatic N) is 2. The van der Waals surface area contributed by atoms with Crippen molar-refractivity contribution in [1.29, 1.82) is 0 Å². The number of ether oxygens (including phenoxy) is 2. The average Bonchev–Trinajstić information content (AvgIpc) is 2.94. The summed E-state index contributed by atoms with van der Waals surface area (Å²) in [7, 11) is 0. The van der Waals surface area contributed by atoms with E-state index in [1.54, 1.807) is 29.2 Å². The fourth-order valence-corrected chi connectivity index (χ4v) is 2.70. The molecule has 24 heavy (non-hydrogen) atoms. The standard InChI is InChI=1S/C16H19N3O5/c1-11(20)17-8-14-9-19(16(22)24-14)13-4-2-12(3-5-13)18-6-7-23-10-15(18)21/h2-5,14H,6-10H2,1H3,(H,17,20). The molecule has 128 valence electrons. The molecule has 0 radical (unpaired) electrons. The molecule has 1 aromatic rings. The third kappa shape index (κ3) is 3.48. The molecule has 3 amide bonds. The Morgan fingerprint density at radius 3 is 2.50 bits per heavy atom. The highest BCUT2D eigenvalue weighted by molar-refractivity contribution is 5.95. The van der Waals surface area contributed by atoms with Gasteiger partial charge in [-0.1, -0.05) is 0 Å². The maximum absolute atomic E-state index is 12.0. The van der Waals surface area contributed by atoms with Gasteiger partial charge >= 0.3 is 6.09 Å². The summed E-state index contributed by atoms with van der Waals surface area (Å²) in [4.78, 5) is 37.9. The van der Waals surface area contributed by atoms with Crippen molar-refractivity contribution in [2.75, 3.05) is 42.6 Å². The Bertz CT molecular complexity index is 646. The van der Waals surface area contributed by atoms with Crippen LogP contribution in [-0.4, -0.2) is 56.9 Å². The van der Waals surface area contributed by atoms with Crippen molar-refractivity contribution in [1.82, 2.24) is 5.32 Å². The molecule has 0 bridgehead atoms. The van der Waals surface area contributed by atoms with E-state index in [0.717, 1.165) is 5.69 Å². The molecule has 8 nitrogen and oxygen atoms in total. The molecule has 2 fully saturated rings. The van der Waals surface area contributed by atoms with Crippen molar-refractivity contribution in [2.24, 2.45) is 0 Å². The van der Waals surface area contributed by atoms with Gasteiger partial charge in [-0.2, -0.15) is 0 Å². The highest BCUT2D eigenvalue weighted by atomic mass is 16.6. The zero-order chi connectivity index (χ0) is 17.1. The molecule has 0 spiro atoms. The van der Waals surface area contributed by atoms with Crippen molar-refractivity contribution in [3.05, 3.63) is 24.3 Å². The number of morpholine rings is 1. The molecule has 2 heterocycles. The van der Waals surface area contributed by atoms with Crippen LogP contribution in [0.15, 0.2) is 24.3 Å². The lowest BCUT2D eigenvalue weighted by Crippen LogP contribution is -2.41. The fraction of sp³-hybridized carbons (Fsp3) is 0.438. The molecule has 1 unspecified atom stereocenters. The molecule has 0 aliphatic carbocycles. The number of rotatable bonds is 4. The molecule has 0 aromatic heterocycles. The first-order valence-electron chi connectivity index (χ1n) is 7.75. The quantitative estimate of drug-likeness (QED) is 0.867. The summed E-state index contributed by atoms with van der Waals surface area (Å²) in [5.74, 6) is -0.242. The SMILES string of the molecule is CC(=O)NCC1CN(c2ccc(N3CCOCC3=O)cc2)C(=O)O1. The van der Waals surface area contributed by atoms with Gasteiger partial charge in [0.1, 0.15) is 12.7 Å². The van der Waals surface area contributed by atoms with E-state index in [9.17, 15) is 14.4 Å². The monoisotopic (exact) mass is 333 g/mol. The number of anilines is 2. The lowest BCUT2D eigenvalue weighted by Gasteiger charge is -2.27. The normalized spacial score (nSPS) is 21.0. The largest absolute Gasteiger partial charge is 0.442 e. The molecule has 8 heteroatoms. The van der Waals surface area contributed by atoms with Crippen molar-refractivity contribution >= 4 is 29.3 Å². The molecule has 1 aromatic carbocycles. The first kappa shape index (κ1) is 16.3. The van der Waals surface area contributed by atoms with Gasteiger partial charge in [-0.3, -0.25) is 14.5 Å². The lowest BCUT2D eigenvalue weighted by molar-refractivity contribution is -0.125. The second-order valence-corrected chi connectivity index (χ2v) is 5.67. The zero-order valence-electron chi connectivity index (χ0n) is 13.4. The van der Waals surface area contributed by atoms with Gasteiger partial charge in [0, 0.05) is 24.8 Å². The molecule has 3 rings (SSSR count). The van der Waals surface area contributed by atoms with E-state index in [1.807, 2.05) is 0 Å². The number of carbonyl (C=O) groups excluding carboxylic acids is 3. The third-order valence-corrected chi connectivity index (χ3v) is 3.91. The fourth-order valence-electron chi connectivity index (χ4n) is 2.70. The number of amides is 3. The number of nitrogens with one attached hydrogen (secondary N) is 1. The van der Waals surface area contributed by atoms with E-state index in [-0.39, 0.29) is 31.1 Å². The predicted octanol–water partition coefficient (Wildman–Crippen LogP) is 0.511. The van der Waals surface area contributed by atoms with Crippen LogP contribution < -0.4 is 15.1 Å². The maximum atomic E-state index is 12.0. The summed E-state index contributed by atoms with van der Waals surface area (Å²) in [5, 5.41) is 2.64. The summed E-state index contributed by atoms with van der Waals surface area (Å²) >= 11 is 0. The number of benzene rings is 1. The highest BCUT2D eigenvalue weighted by Gasteiger charge is 2.32. The number of hydrogen-bond acceptors (Lipinski definition) is 5. The molecular formula is C16H19N3O5. The van der Waals surface area contributed by atoms with Crippen LogP contribution in [0.2, 0.25) is 0 Å². The van der Waals surface area contributed by atoms with E-state index in [1.165, 1.54) is 11.8 Å². The van der Waals surface area contributed by atoms with E-state index in [2.05, 4.69) is 5.32 Å². The number of hydrogen-bond donors (Lipinski definition) is 1. The van der Waals surface area contributed by atoms with Crippen molar-refractivity contribution < 1.29 is 23.9 Å². The molecular weight excluding hydrogens is 314 g/mol. The van der Waals surface area contributed by atoms with Crippen LogP contribution in [0.3, 0.4) is 0 Å². The highest BCUT2D eigenvalue weighted by Crippen LogP contribution is 2.25. The van der Waals surface area contributed by atoms with Crippen LogP contribution in [0, 0.1) is 0 Å². The summed E-state index contributed by atoms with van der Waals surface area (Å²) in [6.07, 6.45) is -0.817. The van der Waals surface area contributed by atoms with Crippen LogP contribution in [0.1, 0.15) is 6.92 Å². The average molecular weight is 333 g/mol. The zero-order valence-corrected chi connectivity index (χ0v) is 13.4. The van der Waals surface area contributed by atoms with E-state index in [0.29, 0.717) is 25.4 Å². The molecule has 2 saturated heterocycles. The van der Waals surface area contributed by atoms with Gasteiger partial charge in [0.25, 0.3) is 5.91 Å². The molecule has 1 atom stereocenters. The van der Waals surface area contributed by atoms with Crippen molar-refractivity contribution in [3.8, 4) is 0 Å².